The molecule has 0 saturated heterocycles. The molecule has 0 fully saturated rings. The number of hydrogen-bond acceptors (Lipinski definition) is 4. The molecule has 6 heteroatoms. The second-order valence-corrected chi connectivity index (χ2v) is 6.16. The molecule has 0 aliphatic carbocycles. The van der Waals surface area contributed by atoms with Gasteiger partial charge in [-0.1, -0.05) is 30.3 Å². The molecule has 0 bridgehead atoms. The van der Waals surface area contributed by atoms with Crippen LogP contribution in [0.3, 0.4) is 0 Å². The van der Waals surface area contributed by atoms with Crippen molar-refractivity contribution in [2.24, 2.45) is 0 Å². The molecule has 3 rings (SSSR count). The number of aromatic nitrogens is 2. The van der Waals surface area contributed by atoms with Gasteiger partial charge in [-0.15, -0.1) is 0 Å². The van der Waals surface area contributed by atoms with Gasteiger partial charge in [0.25, 0.3) is 5.91 Å². The van der Waals surface area contributed by atoms with E-state index in [-0.39, 0.29) is 17.2 Å². The lowest BCUT2D eigenvalue weighted by atomic mass is 10.0. The van der Waals surface area contributed by atoms with E-state index in [1.165, 1.54) is 12.1 Å². The molecule has 3 aromatic rings. The Kier molecular flexibility index (Phi) is 5.31. The first-order valence-electron chi connectivity index (χ1n) is 8.48. The Labute approximate surface area is 151 Å². The number of aryl methyl sites for hydroxylation is 3. The van der Waals surface area contributed by atoms with Crippen molar-refractivity contribution in [1.82, 2.24) is 14.9 Å². The minimum Gasteiger partial charge on any atom is -0.456 e. The van der Waals surface area contributed by atoms with E-state index in [1.54, 1.807) is 13.1 Å². The average molecular weight is 351 g/mol. The van der Waals surface area contributed by atoms with E-state index in [2.05, 4.69) is 10.3 Å². The minimum absolute atomic E-state index is 0.0229. The van der Waals surface area contributed by atoms with Gasteiger partial charge in [0.2, 0.25) is 0 Å². The summed E-state index contributed by atoms with van der Waals surface area (Å²) in [5, 5.41) is 2.98. The van der Waals surface area contributed by atoms with Crippen molar-refractivity contribution in [3.05, 3.63) is 88.0 Å². The van der Waals surface area contributed by atoms with Crippen molar-refractivity contribution in [2.75, 3.05) is 0 Å². The van der Waals surface area contributed by atoms with Gasteiger partial charge in [-0.3, -0.25) is 9.59 Å². The summed E-state index contributed by atoms with van der Waals surface area (Å²) >= 11 is 0. The van der Waals surface area contributed by atoms with Crippen LogP contribution < -0.4 is 10.7 Å². The van der Waals surface area contributed by atoms with Gasteiger partial charge >= 0.3 is 0 Å². The second kappa shape index (κ2) is 7.82. The summed E-state index contributed by atoms with van der Waals surface area (Å²) in [5.74, 6) is 0.956. The number of nitrogens with zero attached hydrogens (tertiary/aromatic N) is 2. The zero-order valence-electron chi connectivity index (χ0n) is 14.8. The van der Waals surface area contributed by atoms with Crippen molar-refractivity contribution in [3.8, 4) is 0 Å². The Hall–Kier alpha value is -3.15. The summed E-state index contributed by atoms with van der Waals surface area (Å²) in [4.78, 5) is 28.5. The normalized spacial score (nSPS) is 11.9. The van der Waals surface area contributed by atoms with Gasteiger partial charge in [0.05, 0.1) is 6.04 Å². The fourth-order valence-electron chi connectivity index (χ4n) is 2.86. The molecule has 0 aliphatic heterocycles. The number of imidazole rings is 1. The monoisotopic (exact) mass is 351 g/mol. The van der Waals surface area contributed by atoms with Crippen LogP contribution in [-0.4, -0.2) is 15.5 Å². The number of amides is 1. The number of carbonyl (C=O) groups is 1. The molecule has 2 aromatic heterocycles. The largest absolute Gasteiger partial charge is 0.456 e. The molecule has 2 heterocycles. The Balaban J connectivity index is 1.80. The molecule has 0 radical (unpaired) electrons. The maximum Gasteiger partial charge on any atom is 0.287 e. The predicted octanol–water partition coefficient (Wildman–Crippen LogP) is 3.01. The van der Waals surface area contributed by atoms with Crippen LogP contribution in [0.2, 0.25) is 0 Å². The van der Waals surface area contributed by atoms with E-state index in [0.717, 1.165) is 11.4 Å². The molecule has 1 amide bonds. The summed E-state index contributed by atoms with van der Waals surface area (Å²) in [6.45, 7) is 4.30. The number of rotatable bonds is 6. The third-order valence-electron chi connectivity index (χ3n) is 4.20. The van der Waals surface area contributed by atoms with Crippen molar-refractivity contribution in [2.45, 2.75) is 32.9 Å². The van der Waals surface area contributed by atoms with Crippen LogP contribution in [0.25, 0.3) is 0 Å². The Bertz CT molecular complexity index is 944. The average Bonchev–Trinajstić information content (AvgIpc) is 3.03. The SMILES string of the molecule is Cc1cc(=O)cc(C(=O)N[C@@H](CCn2ccnc2C)c2ccccc2)o1. The fourth-order valence-corrected chi connectivity index (χ4v) is 2.86. The summed E-state index contributed by atoms with van der Waals surface area (Å²) in [6.07, 6.45) is 4.36. The predicted molar refractivity (Wildman–Crippen MR) is 97.9 cm³/mol. The van der Waals surface area contributed by atoms with E-state index in [4.69, 9.17) is 4.42 Å². The second-order valence-electron chi connectivity index (χ2n) is 6.16. The van der Waals surface area contributed by atoms with Crippen LogP contribution in [0.5, 0.6) is 0 Å². The summed E-state index contributed by atoms with van der Waals surface area (Å²) in [6, 6.07) is 12.1. The van der Waals surface area contributed by atoms with Gasteiger partial charge in [-0.05, 0) is 25.8 Å². The van der Waals surface area contributed by atoms with Gasteiger partial charge in [0.15, 0.2) is 11.2 Å². The van der Waals surface area contributed by atoms with Gasteiger partial charge in [-0.2, -0.15) is 0 Å². The van der Waals surface area contributed by atoms with Crippen molar-refractivity contribution in [3.63, 3.8) is 0 Å². The third-order valence-corrected chi connectivity index (χ3v) is 4.20. The smallest absolute Gasteiger partial charge is 0.287 e. The lowest BCUT2D eigenvalue weighted by molar-refractivity contribution is 0.0901. The Morgan fingerprint density at radius 2 is 2.00 bits per heavy atom. The van der Waals surface area contributed by atoms with E-state index < -0.39 is 5.91 Å². The van der Waals surface area contributed by atoms with Crippen LogP contribution in [-0.2, 0) is 6.54 Å². The highest BCUT2D eigenvalue weighted by atomic mass is 16.3. The minimum atomic E-state index is -0.401. The highest BCUT2D eigenvalue weighted by Gasteiger charge is 2.18. The molecular weight excluding hydrogens is 330 g/mol. The molecule has 0 saturated carbocycles. The van der Waals surface area contributed by atoms with Crippen LogP contribution in [0.1, 0.15) is 40.2 Å². The molecule has 26 heavy (non-hydrogen) atoms. The van der Waals surface area contributed by atoms with Crippen LogP contribution in [0, 0.1) is 13.8 Å². The van der Waals surface area contributed by atoms with Crippen LogP contribution in [0.4, 0.5) is 0 Å². The summed E-state index contributed by atoms with van der Waals surface area (Å²) < 4.78 is 7.44. The lowest BCUT2D eigenvalue weighted by Gasteiger charge is -2.19. The highest BCUT2D eigenvalue weighted by Crippen LogP contribution is 2.19. The molecule has 1 N–H and O–H groups in total. The van der Waals surface area contributed by atoms with Crippen molar-refractivity contribution >= 4 is 5.91 Å². The lowest BCUT2D eigenvalue weighted by Crippen LogP contribution is -2.30. The van der Waals surface area contributed by atoms with E-state index >= 15 is 0 Å². The van der Waals surface area contributed by atoms with E-state index in [0.29, 0.717) is 18.7 Å². The van der Waals surface area contributed by atoms with Crippen molar-refractivity contribution < 1.29 is 9.21 Å². The zero-order chi connectivity index (χ0) is 18.5. The number of carbonyl (C=O) groups excluding carboxylic acids is 1. The first-order valence-corrected chi connectivity index (χ1v) is 8.48. The van der Waals surface area contributed by atoms with E-state index in [9.17, 15) is 9.59 Å². The molecule has 134 valence electrons. The zero-order valence-corrected chi connectivity index (χ0v) is 14.8. The summed E-state index contributed by atoms with van der Waals surface area (Å²) in [5.41, 5.74) is 0.748. The molecule has 6 nitrogen and oxygen atoms in total. The number of hydrogen-bond donors (Lipinski definition) is 1. The van der Waals surface area contributed by atoms with Gasteiger partial charge in [0.1, 0.15) is 11.6 Å². The molecular formula is C20H21N3O3. The topological polar surface area (TPSA) is 77.1 Å². The molecule has 0 aliphatic rings. The number of benzene rings is 1. The Morgan fingerprint density at radius 3 is 2.65 bits per heavy atom. The molecule has 0 spiro atoms. The van der Waals surface area contributed by atoms with E-state index in [1.807, 2.05) is 48.0 Å². The Morgan fingerprint density at radius 1 is 1.23 bits per heavy atom. The van der Waals surface area contributed by atoms with Gasteiger partial charge < -0.3 is 14.3 Å². The molecule has 0 unspecified atom stereocenters. The van der Waals surface area contributed by atoms with Crippen LogP contribution in [0.15, 0.2) is 64.1 Å². The third kappa shape index (κ3) is 4.27. The van der Waals surface area contributed by atoms with Gasteiger partial charge in [0, 0.05) is 31.1 Å². The first kappa shape index (κ1) is 17.7. The maximum absolute atomic E-state index is 12.6. The van der Waals surface area contributed by atoms with Crippen molar-refractivity contribution in [1.29, 1.82) is 0 Å². The fraction of sp³-hybridized carbons (Fsp3) is 0.250. The molecule has 1 atom stereocenters. The number of nitrogens with one attached hydrogen (secondary N) is 1. The van der Waals surface area contributed by atoms with Gasteiger partial charge in [-0.25, -0.2) is 4.98 Å². The standard InChI is InChI=1S/C20H21N3O3/c1-14-12-17(24)13-19(26-14)20(25)22-18(16-6-4-3-5-7-16)8-10-23-11-9-21-15(23)2/h3-7,9,11-13,18H,8,10H2,1-2H3,(H,22,25)/t18-/m0/s1. The quantitative estimate of drug-likeness (QED) is 0.740. The summed E-state index contributed by atoms with van der Waals surface area (Å²) in [7, 11) is 0. The maximum atomic E-state index is 12.6. The highest BCUT2D eigenvalue weighted by molar-refractivity contribution is 5.91. The first-order chi connectivity index (χ1) is 12.5. The van der Waals surface area contributed by atoms with Crippen LogP contribution >= 0.6 is 0 Å². The molecule has 1 aromatic carbocycles.